The predicted octanol–water partition coefficient (Wildman–Crippen LogP) is 7.28. The lowest BCUT2D eigenvalue weighted by Crippen LogP contribution is -2.27. The molecule has 0 aliphatic carbocycles. The summed E-state index contributed by atoms with van der Waals surface area (Å²) in [6.45, 7) is 5.29. The number of nitriles is 2. The molecule has 4 N–H and O–H groups in total. The highest BCUT2D eigenvalue weighted by atomic mass is 35.5. The van der Waals surface area contributed by atoms with Crippen LogP contribution in [0.4, 0.5) is 0 Å². The monoisotopic (exact) mass is 852 g/mol. The molecule has 0 fully saturated rings. The van der Waals surface area contributed by atoms with Crippen LogP contribution in [0, 0.1) is 36.5 Å². The summed E-state index contributed by atoms with van der Waals surface area (Å²) in [5.74, 6) is 1.10. The second-order valence-electron chi connectivity index (χ2n) is 14.1. The number of para-hydroxylation sites is 1. The number of rotatable bonds is 20. The number of amides is 1. The second kappa shape index (κ2) is 22.0. The van der Waals surface area contributed by atoms with E-state index in [0.717, 1.165) is 44.5 Å². The smallest absolute Gasteiger partial charge is 0.255 e. The van der Waals surface area contributed by atoms with Crippen LogP contribution in [-0.4, -0.2) is 52.4 Å². The molecule has 316 valence electrons. The van der Waals surface area contributed by atoms with Gasteiger partial charge in [-0.1, -0.05) is 54.1 Å². The quantitative estimate of drug-likeness (QED) is 0.0563. The van der Waals surface area contributed by atoms with Gasteiger partial charge in [0, 0.05) is 67.2 Å². The van der Waals surface area contributed by atoms with Gasteiger partial charge < -0.3 is 39.8 Å². The maximum absolute atomic E-state index is 13.1. The number of carbonyl (C=O) groups is 1. The zero-order valence-electron chi connectivity index (χ0n) is 34.3. The summed E-state index contributed by atoms with van der Waals surface area (Å²) in [6.07, 6.45) is 6.18. The van der Waals surface area contributed by atoms with E-state index < -0.39 is 5.91 Å². The second-order valence-corrected chi connectivity index (χ2v) is 14.5. The highest BCUT2D eigenvalue weighted by Crippen LogP contribution is 2.37. The van der Waals surface area contributed by atoms with Gasteiger partial charge in [-0.05, 0) is 77.6 Å². The first-order valence-electron chi connectivity index (χ1n) is 19.8. The molecule has 62 heavy (non-hydrogen) atoms. The lowest BCUT2D eigenvalue weighted by atomic mass is 9.92. The number of nitrogens with zero attached hydrogens (tertiary/aromatic N) is 4. The number of hydrogen-bond donors (Lipinski definition) is 4. The summed E-state index contributed by atoms with van der Waals surface area (Å²) in [4.78, 5) is 21.4. The number of benzene rings is 4. The largest absolute Gasteiger partial charge is 0.488 e. The fraction of sp³-hybridized carbons (Fsp3) is 0.229. The van der Waals surface area contributed by atoms with Crippen LogP contribution in [0.3, 0.4) is 0 Å². The molecule has 2 aromatic heterocycles. The van der Waals surface area contributed by atoms with Gasteiger partial charge in [0.2, 0.25) is 0 Å². The molecule has 4 aromatic carbocycles. The highest BCUT2D eigenvalue weighted by Gasteiger charge is 2.20. The van der Waals surface area contributed by atoms with Crippen LogP contribution < -0.4 is 29.6 Å². The fourth-order valence-corrected chi connectivity index (χ4v) is 6.87. The molecule has 0 spiro atoms. The molecule has 14 heteroatoms. The average molecular weight is 853 g/mol. The lowest BCUT2D eigenvalue weighted by molar-refractivity contribution is 0.0939. The van der Waals surface area contributed by atoms with E-state index in [1.165, 1.54) is 12.4 Å². The van der Waals surface area contributed by atoms with Crippen LogP contribution in [0.1, 0.15) is 60.4 Å². The normalized spacial score (nSPS) is 10.7. The van der Waals surface area contributed by atoms with E-state index in [-0.39, 0.29) is 57.5 Å². The van der Waals surface area contributed by atoms with Gasteiger partial charge in [-0.25, -0.2) is 0 Å². The van der Waals surface area contributed by atoms with Crippen molar-refractivity contribution in [1.29, 1.82) is 10.5 Å². The molecule has 2 heterocycles. The number of carbonyl (C=O) groups excluding carboxylic acids is 1. The van der Waals surface area contributed by atoms with Gasteiger partial charge in [0.15, 0.2) is 11.5 Å². The number of halogens is 1. The van der Waals surface area contributed by atoms with Crippen molar-refractivity contribution in [3.8, 4) is 46.3 Å². The Balaban J connectivity index is 1.20. The summed E-state index contributed by atoms with van der Waals surface area (Å²) in [7, 11) is 0. The van der Waals surface area contributed by atoms with Crippen molar-refractivity contribution in [3.05, 3.63) is 164 Å². The van der Waals surface area contributed by atoms with E-state index in [2.05, 4.69) is 44.9 Å². The molecule has 0 unspecified atom stereocenters. The Labute approximate surface area is 365 Å². The molecule has 1 amide bonds. The van der Waals surface area contributed by atoms with Gasteiger partial charge in [0.1, 0.15) is 50.1 Å². The minimum Gasteiger partial charge on any atom is -0.488 e. The van der Waals surface area contributed by atoms with Crippen molar-refractivity contribution in [2.24, 2.45) is 0 Å². The van der Waals surface area contributed by atoms with Crippen LogP contribution in [0.15, 0.2) is 104 Å². The van der Waals surface area contributed by atoms with E-state index in [0.29, 0.717) is 52.1 Å². The number of ether oxygens (including phenoxy) is 4. The van der Waals surface area contributed by atoms with E-state index >= 15 is 0 Å². The van der Waals surface area contributed by atoms with Crippen molar-refractivity contribution in [1.82, 2.24) is 20.6 Å². The van der Waals surface area contributed by atoms with Crippen LogP contribution >= 0.6 is 11.6 Å². The molecule has 0 atom stereocenters. The maximum atomic E-state index is 13.1. The number of pyridine rings is 2. The Morgan fingerprint density at radius 1 is 0.661 bits per heavy atom. The van der Waals surface area contributed by atoms with E-state index in [1.807, 2.05) is 38.1 Å². The Morgan fingerprint density at radius 3 is 1.82 bits per heavy atom. The molecule has 0 aliphatic rings. The summed E-state index contributed by atoms with van der Waals surface area (Å²) >= 11 is 6.76. The Kier molecular flexibility index (Phi) is 15.8. The topological polar surface area (TPSA) is 192 Å². The molecule has 0 aliphatic heterocycles. The predicted molar refractivity (Wildman–Crippen MR) is 233 cm³/mol. The molecule has 6 rings (SSSR count). The van der Waals surface area contributed by atoms with Crippen molar-refractivity contribution < 1.29 is 34.0 Å². The van der Waals surface area contributed by atoms with Gasteiger partial charge in [0.25, 0.3) is 5.91 Å². The van der Waals surface area contributed by atoms with Gasteiger partial charge in [-0.2, -0.15) is 10.5 Å². The molecular formula is C48H45ClN6O7. The number of aromatic nitrogens is 2. The van der Waals surface area contributed by atoms with E-state index in [4.69, 9.17) is 30.5 Å². The number of nitrogens with one attached hydrogen (secondary N) is 2. The van der Waals surface area contributed by atoms with Crippen LogP contribution in [0.25, 0.3) is 11.1 Å². The van der Waals surface area contributed by atoms with Gasteiger partial charge in [-0.3, -0.25) is 14.8 Å². The van der Waals surface area contributed by atoms with Crippen LogP contribution in [0.2, 0.25) is 5.02 Å². The molecule has 13 nitrogen and oxygen atoms in total. The number of aliphatic hydroxyl groups excluding tert-OH is 2. The minimum atomic E-state index is -0.433. The molecule has 6 aromatic rings. The fourth-order valence-electron chi connectivity index (χ4n) is 6.63. The third-order valence-electron chi connectivity index (χ3n) is 9.91. The van der Waals surface area contributed by atoms with Crippen molar-refractivity contribution in [3.63, 3.8) is 0 Å². The zero-order valence-corrected chi connectivity index (χ0v) is 35.0. The summed E-state index contributed by atoms with van der Waals surface area (Å²) in [5, 5.41) is 43.5. The van der Waals surface area contributed by atoms with Crippen molar-refractivity contribution >= 4 is 17.5 Å². The Bertz CT molecular complexity index is 2610. The third kappa shape index (κ3) is 11.4. The first-order chi connectivity index (χ1) is 30.2. The van der Waals surface area contributed by atoms with Crippen LogP contribution in [-0.2, 0) is 33.0 Å². The van der Waals surface area contributed by atoms with Crippen LogP contribution in [0.5, 0.6) is 23.0 Å². The van der Waals surface area contributed by atoms with E-state index in [9.17, 15) is 25.5 Å². The summed E-state index contributed by atoms with van der Waals surface area (Å²) < 4.78 is 25.1. The van der Waals surface area contributed by atoms with Crippen molar-refractivity contribution in [2.45, 2.75) is 46.8 Å². The number of aliphatic hydroxyl groups is 2. The van der Waals surface area contributed by atoms with Gasteiger partial charge in [0.05, 0.1) is 34.9 Å². The molecule has 0 saturated heterocycles. The minimum absolute atomic E-state index is 0.0200. The standard InChI is InChI=1S/C48H45ClN6O7/c1-31-37(29-60-44-11-5-10-42(48(58)55-13-15-57)47(44)62-28-36-17-34(21-51)23-54-25-36)6-3-8-40(31)41-9-4-7-38(32(41)2)30-61-46-19-45(39(18-43(46)49)26-52-12-14-56)59-27-35-16-33(20-50)22-53-24-35/h3-11,16-19,22-25,52,56-57H,12-15,26-30H2,1-2H3,(H,55,58). The third-order valence-corrected chi connectivity index (χ3v) is 10.2. The average Bonchev–Trinajstić information content (AvgIpc) is 3.29. The van der Waals surface area contributed by atoms with E-state index in [1.54, 1.807) is 54.9 Å². The summed E-state index contributed by atoms with van der Waals surface area (Å²) in [5.41, 5.74) is 9.10. The van der Waals surface area contributed by atoms with Gasteiger partial charge >= 0.3 is 0 Å². The highest BCUT2D eigenvalue weighted by molar-refractivity contribution is 6.32. The molecule has 0 radical (unpaired) electrons. The maximum Gasteiger partial charge on any atom is 0.255 e. The molecule has 0 saturated carbocycles. The molecular weight excluding hydrogens is 808 g/mol. The molecule has 0 bridgehead atoms. The number of hydrogen-bond acceptors (Lipinski definition) is 12. The van der Waals surface area contributed by atoms with Crippen molar-refractivity contribution in [2.75, 3.05) is 26.3 Å². The Hall–Kier alpha value is -7.00. The first kappa shape index (κ1) is 44.5. The lowest BCUT2D eigenvalue weighted by Gasteiger charge is -2.19. The van der Waals surface area contributed by atoms with Gasteiger partial charge in [-0.15, -0.1) is 0 Å². The Morgan fingerprint density at radius 2 is 1.23 bits per heavy atom. The zero-order chi connectivity index (χ0) is 43.8. The first-order valence-corrected chi connectivity index (χ1v) is 20.1. The summed E-state index contributed by atoms with van der Waals surface area (Å²) in [6, 6.07) is 28.2. The SMILES string of the molecule is Cc1c(COc2cc(OCc3cncc(C#N)c3)c(CNCCO)cc2Cl)cccc1-c1cccc(COc2cccc(C(=O)NCCO)c2OCc2cncc(C#N)c2)c1C.